The molecule has 4 heteroatoms. The van der Waals surface area contributed by atoms with Gasteiger partial charge in [-0.2, -0.15) is 0 Å². The van der Waals surface area contributed by atoms with Gasteiger partial charge >= 0.3 is 5.97 Å². The Balaban J connectivity index is 1.95. The second-order valence-corrected chi connectivity index (χ2v) is 9.19. The third kappa shape index (κ3) is 2.45. The number of carboxylic acids is 1. The molecule has 3 aliphatic rings. The standard InChI is InChI=1S/C20H32O4/c1-18(16(22)12-21)10-7-14-13(11-18)5-6-15-19(14,2)8-4-9-20(15,3)17(23)24/h11,14-16,21-22H,4-10,12H2,1-3H3,(H,23,24)/t14-,15+,16-,18+,19+,20+/m1/s1. The van der Waals surface area contributed by atoms with Gasteiger partial charge in [0.25, 0.3) is 0 Å². The van der Waals surface area contributed by atoms with Gasteiger partial charge in [-0.15, -0.1) is 0 Å². The molecule has 0 aromatic carbocycles. The molecule has 0 heterocycles. The Kier molecular flexibility index (Phi) is 4.37. The maximum atomic E-state index is 12.0. The topological polar surface area (TPSA) is 77.8 Å². The van der Waals surface area contributed by atoms with E-state index in [1.165, 1.54) is 5.57 Å². The zero-order chi connectivity index (χ0) is 17.8. The van der Waals surface area contributed by atoms with E-state index in [9.17, 15) is 20.1 Å². The smallest absolute Gasteiger partial charge is 0.309 e. The van der Waals surface area contributed by atoms with Crippen LogP contribution in [0, 0.1) is 28.1 Å². The summed E-state index contributed by atoms with van der Waals surface area (Å²) < 4.78 is 0. The Labute approximate surface area is 145 Å². The molecule has 0 aromatic rings. The van der Waals surface area contributed by atoms with Gasteiger partial charge in [-0.25, -0.2) is 0 Å². The van der Waals surface area contributed by atoms with Crippen molar-refractivity contribution in [3.63, 3.8) is 0 Å². The summed E-state index contributed by atoms with van der Waals surface area (Å²) in [6.45, 7) is 6.09. The highest BCUT2D eigenvalue weighted by molar-refractivity contribution is 5.75. The van der Waals surface area contributed by atoms with E-state index >= 15 is 0 Å². The van der Waals surface area contributed by atoms with Crippen LogP contribution in [0.15, 0.2) is 11.6 Å². The Bertz CT molecular complexity index is 556. The molecule has 0 spiro atoms. The molecule has 136 valence electrons. The maximum Gasteiger partial charge on any atom is 0.309 e. The lowest BCUT2D eigenvalue weighted by atomic mass is 9.45. The third-order valence-corrected chi connectivity index (χ3v) is 7.85. The molecule has 3 rings (SSSR count). The molecule has 24 heavy (non-hydrogen) atoms. The predicted octanol–water partition coefficient (Wildman–Crippen LogP) is 3.37. The Morgan fingerprint density at radius 3 is 2.58 bits per heavy atom. The van der Waals surface area contributed by atoms with Crippen LogP contribution in [0.3, 0.4) is 0 Å². The summed E-state index contributed by atoms with van der Waals surface area (Å²) >= 11 is 0. The van der Waals surface area contributed by atoms with Gasteiger partial charge in [0.15, 0.2) is 0 Å². The zero-order valence-electron chi connectivity index (χ0n) is 15.2. The second kappa shape index (κ2) is 5.84. The molecular formula is C20H32O4. The number of rotatable bonds is 3. The number of hydrogen-bond donors (Lipinski definition) is 3. The van der Waals surface area contributed by atoms with E-state index in [2.05, 4.69) is 13.0 Å². The number of allylic oxidation sites excluding steroid dienone is 1. The van der Waals surface area contributed by atoms with E-state index in [0.29, 0.717) is 5.92 Å². The van der Waals surface area contributed by atoms with Gasteiger partial charge in [0.1, 0.15) is 0 Å². The first kappa shape index (κ1) is 17.9. The highest BCUT2D eigenvalue weighted by atomic mass is 16.4. The molecule has 0 amide bonds. The van der Waals surface area contributed by atoms with Gasteiger partial charge in [0, 0.05) is 5.41 Å². The minimum atomic E-state index is -0.716. The van der Waals surface area contributed by atoms with E-state index in [4.69, 9.17) is 0 Å². The summed E-state index contributed by atoms with van der Waals surface area (Å²) in [6, 6.07) is 0. The number of aliphatic hydroxyl groups is 2. The lowest BCUT2D eigenvalue weighted by Gasteiger charge is -2.59. The molecular weight excluding hydrogens is 304 g/mol. The quantitative estimate of drug-likeness (QED) is 0.691. The lowest BCUT2D eigenvalue weighted by molar-refractivity contribution is -0.164. The van der Waals surface area contributed by atoms with Crippen molar-refractivity contribution < 1.29 is 20.1 Å². The first-order valence-corrected chi connectivity index (χ1v) is 9.41. The molecule has 0 aromatic heterocycles. The van der Waals surface area contributed by atoms with Crippen molar-refractivity contribution in [2.24, 2.45) is 28.1 Å². The fourth-order valence-corrected chi connectivity index (χ4v) is 6.25. The number of aliphatic hydroxyl groups excluding tert-OH is 2. The van der Waals surface area contributed by atoms with E-state index in [1.54, 1.807) is 0 Å². The number of carboxylic acid groups (broad SMARTS) is 1. The summed E-state index contributed by atoms with van der Waals surface area (Å²) in [5.74, 6) is 0.0157. The first-order valence-electron chi connectivity index (χ1n) is 9.41. The maximum absolute atomic E-state index is 12.0. The second-order valence-electron chi connectivity index (χ2n) is 9.19. The Morgan fingerprint density at radius 2 is 1.96 bits per heavy atom. The summed E-state index contributed by atoms with van der Waals surface area (Å²) in [5.41, 5.74) is 0.476. The molecule has 4 nitrogen and oxygen atoms in total. The van der Waals surface area contributed by atoms with Crippen molar-refractivity contribution in [3.8, 4) is 0 Å². The first-order chi connectivity index (χ1) is 11.2. The lowest BCUT2D eigenvalue weighted by Crippen LogP contribution is -2.54. The molecule has 6 atom stereocenters. The largest absolute Gasteiger partial charge is 0.481 e. The number of fused-ring (bicyclic) bond motifs is 3. The molecule has 3 aliphatic carbocycles. The monoisotopic (exact) mass is 336 g/mol. The molecule has 0 radical (unpaired) electrons. The van der Waals surface area contributed by atoms with Crippen LogP contribution in [0.25, 0.3) is 0 Å². The van der Waals surface area contributed by atoms with Crippen LogP contribution in [0.1, 0.15) is 65.7 Å². The van der Waals surface area contributed by atoms with Crippen molar-refractivity contribution >= 4 is 5.97 Å². The summed E-state index contributed by atoms with van der Waals surface area (Å²) in [4.78, 5) is 12.0. The van der Waals surface area contributed by atoms with Gasteiger partial charge < -0.3 is 15.3 Å². The van der Waals surface area contributed by atoms with Gasteiger partial charge in [0.2, 0.25) is 0 Å². The van der Waals surface area contributed by atoms with E-state index in [1.807, 2.05) is 13.8 Å². The average Bonchev–Trinajstić information content (AvgIpc) is 2.53. The normalized spacial score (nSPS) is 46.5. The number of hydrogen-bond acceptors (Lipinski definition) is 3. The summed E-state index contributed by atoms with van der Waals surface area (Å²) in [5, 5.41) is 29.4. The Morgan fingerprint density at radius 1 is 1.25 bits per heavy atom. The van der Waals surface area contributed by atoms with Crippen molar-refractivity contribution in [1.82, 2.24) is 0 Å². The van der Waals surface area contributed by atoms with Gasteiger partial charge in [0.05, 0.1) is 18.1 Å². The summed E-state index contributed by atoms with van der Waals surface area (Å²) in [7, 11) is 0. The molecule has 3 N–H and O–H groups in total. The molecule has 0 aliphatic heterocycles. The number of aliphatic carboxylic acids is 1. The minimum absolute atomic E-state index is 0.0426. The van der Waals surface area contributed by atoms with Gasteiger partial charge in [-0.1, -0.05) is 31.9 Å². The molecule has 2 fully saturated rings. The highest BCUT2D eigenvalue weighted by Crippen LogP contribution is 2.64. The van der Waals surface area contributed by atoms with Crippen LogP contribution >= 0.6 is 0 Å². The van der Waals surface area contributed by atoms with Crippen LogP contribution in [-0.2, 0) is 4.79 Å². The van der Waals surface area contributed by atoms with Crippen LogP contribution in [0.5, 0.6) is 0 Å². The van der Waals surface area contributed by atoms with E-state index in [0.717, 1.165) is 44.9 Å². The number of carbonyl (C=O) groups is 1. The zero-order valence-corrected chi connectivity index (χ0v) is 15.2. The third-order valence-electron chi connectivity index (χ3n) is 7.85. The van der Waals surface area contributed by atoms with Crippen LogP contribution in [-0.4, -0.2) is 34.0 Å². The van der Waals surface area contributed by atoms with Gasteiger partial charge in [-0.05, 0) is 62.7 Å². The highest BCUT2D eigenvalue weighted by Gasteiger charge is 2.58. The van der Waals surface area contributed by atoms with Crippen molar-refractivity contribution in [1.29, 1.82) is 0 Å². The van der Waals surface area contributed by atoms with Crippen LogP contribution < -0.4 is 0 Å². The van der Waals surface area contributed by atoms with E-state index in [-0.39, 0.29) is 23.4 Å². The fourth-order valence-electron chi connectivity index (χ4n) is 6.25. The minimum Gasteiger partial charge on any atom is -0.481 e. The molecule has 0 saturated heterocycles. The fraction of sp³-hybridized carbons (Fsp3) is 0.850. The van der Waals surface area contributed by atoms with Crippen molar-refractivity contribution in [2.45, 2.75) is 71.8 Å². The van der Waals surface area contributed by atoms with Crippen LogP contribution in [0.4, 0.5) is 0 Å². The van der Waals surface area contributed by atoms with Crippen LogP contribution in [0.2, 0.25) is 0 Å². The van der Waals surface area contributed by atoms with Crippen molar-refractivity contribution in [3.05, 3.63) is 11.6 Å². The summed E-state index contributed by atoms with van der Waals surface area (Å²) in [6.07, 6.45) is 8.07. The van der Waals surface area contributed by atoms with Gasteiger partial charge in [-0.3, -0.25) is 4.79 Å². The average molecular weight is 336 g/mol. The molecule has 0 bridgehead atoms. The van der Waals surface area contributed by atoms with E-state index < -0.39 is 17.5 Å². The molecule has 0 unspecified atom stereocenters. The Hall–Kier alpha value is -0.870. The van der Waals surface area contributed by atoms with Crippen molar-refractivity contribution in [2.75, 3.05) is 6.61 Å². The predicted molar refractivity (Wildman–Crippen MR) is 92.4 cm³/mol. The SMILES string of the molecule is C[C@@]12CCC[C@](C)(C(=O)O)[C@H]1CCC1=C[C@@](C)([C@H](O)CO)CC[C@H]12. The molecule has 2 saturated carbocycles.